The average molecular weight is 549 g/mol. The van der Waals surface area contributed by atoms with Gasteiger partial charge in [-0.05, 0) is 60.3 Å². The van der Waals surface area contributed by atoms with Crippen LogP contribution in [0.2, 0.25) is 0 Å². The number of aliphatic imine (C=N–C) groups is 1. The zero-order valence-electron chi connectivity index (χ0n) is 19.7. The number of amides is 1. The number of alkyl halides is 3. The van der Waals surface area contributed by atoms with Crippen molar-refractivity contribution < 1.29 is 22.2 Å². The monoisotopic (exact) mass is 548 g/mol. The summed E-state index contributed by atoms with van der Waals surface area (Å²) >= 11 is 1.35. The summed E-state index contributed by atoms with van der Waals surface area (Å²) in [5, 5.41) is 11.0. The van der Waals surface area contributed by atoms with Crippen molar-refractivity contribution in [2.45, 2.75) is 17.6 Å². The molecule has 1 unspecified atom stereocenters. The summed E-state index contributed by atoms with van der Waals surface area (Å²) in [5.74, 6) is -0.281. The van der Waals surface area contributed by atoms with Crippen molar-refractivity contribution in [3.63, 3.8) is 0 Å². The lowest BCUT2D eigenvalue weighted by molar-refractivity contribution is -0.138. The van der Waals surface area contributed by atoms with Crippen molar-refractivity contribution in [2.75, 3.05) is 33.2 Å². The molecule has 2 N–H and O–H groups in total. The summed E-state index contributed by atoms with van der Waals surface area (Å²) in [5.41, 5.74) is 0.492. The minimum Gasteiger partial charge on any atom is -0.348 e. The first-order chi connectivity index (χ1) is 17.6. The number of thioether (sulfide) groups is 1. The van der Waals surface area contributed by atoms with Crippen molar-refractivity contribution >= 4 is 50.8 Å². The van der Waals surface area contributed by atoms with E-state index in [9.17, 15) is 22.2 Å². The molecule has 1 amide bonds. The molecule has 1 aromatic heterocycles. The number of aromatic nitrogens is 2. The molecular formula is C24H23F3N6O2S2. The van der Waals surface area contributed by atoms with E-state index in [0.717, 1.165) is 43.2 Å². The highest BCUT2D eigenvalue weighted by Crippen LogP contribution is 2.34. The molecule has 1 fully saturated rings. The van der Waals surface area contributed by atoms with Crippen molar-refractivity contribution in [2.24, 2.45) is 10.1 Å². The van der Waals surface area contributed by atoms with Crippen LogP contribution in [-0.2, 0) is 28.5 Å². The zero-order chi connectivity index (χ0) is 26.3. The molecule has 0 bridgehead atoms. The highest BCUT2D eigenvalue weighted by molar-refractivity contribution is 8.18. The number of halogens is 3. The molecule has 3 aromatic rings. The molecule has 5 rings (SSSR count). The summed E-state index contributed by atoms with van der Waals surface area (Å²) in [6.45, 7) is 3.32. The maximum absolute atomic E-state index is 13.7. The Bertz CT molecular complexity index is 1460. The molecule has 1 atom stereocenters. The molecule has 0 saturated carbocycles. The third-order valence-electron chi connectivity index (χ3n) is 6.29. The van der Waals surface area contributed by atoms with Gasteiger partial charge in [0.2, 0.25) is 0 Å². The maximum Gasteiger partial charge on any atom is 0.416 e. The fraction of sp³-hybridized carbons (Fsp3) is 0.292. The number of carbonyl (C=O) groups is 1. The molecule has 0 aliphatic carbocycles. The summed E-state index contributed by atoms with van der Waals surface area (Å²) < 4.78 is 53.9. The third kappa shape index (κ3) is 5.49. The van der Waals surface area contributed by atoms with Gasteiger partial charge in [-0.3, -0.25) is 9.48 Å². The van der Waals surface area contributed by atoms with Gasteiger partial charge in [0.1, 0.15) is 11.0 Å². The van der Waals surface area contributed by atoms with Gasteiger partial charge in [-0.2, -0.15) is 23.3 Å². The van der Waals surface area contributed by atoms with Gasteiger partial charge in [-0.25, -0.2) is 9.35 Å². The van der Waals surface area contributed by atoms with Gasteiger partial charge in [0, 0.05) is 31.6 Å². The number of benzene rings is 2. The molecule has 0 radical (unpaired) electrons. The Morgan fingerprint density at radius 3 is 2.59 bits per heavy atom. The zero-order valence-corrected chi connectivity index (χ0v) is 21.4. The molecule has 3 heterocycles. The van der Waals surface area contributed by atoms with Crippen LogP contribution in [0.25, 0.3) is 17.0 Å². The topological polar surface area (TPSA) is 96.8 Å². The lowest BCUT2D eigenvalue weighted by Gasteiger charge is -2.32. The highest BCUT2D eigenvalue weighted by atomic mass is 32.2. The Labute approximate surface area is 217 Å². The third-order valence-corrected chi connectivity index (χ3v) is 8.05. The molecule has 8 nitrogen and oxygen atoms in total. The molecule has 2 aliphatic rings. The van der Waals surface area contributed by atoms with Gasteiger partial charge in [0.05, 0.1) is 33.6 Å². The number of likely N-dealkylation sites (N-methyl/N-ethyl adjacent to an activating group) is 1. The number of rotatable bonds is 4. The van der Waals surface area contributed by atoms with Gasteiger partial charge in [-0.15, -0.1) is 0 Å². The molecule has 37 heavy (non-hydrogen) atoms. The van der Waals surface area contributed by atoms with E-state index in [2.05, 4.69) is 26.9 Å². The lowest BCUT2D eigenvalue weighted by atomic mass is 10.1. The highest BCUT2D eigenvalue weighted by Gasteiger charge is 2.34. The number of piperazine rings is 1. The van der Waals surface area contributed by atoms with Gasteiger partial charge in [0.25, 0.3) is 5.91 Å². The second-order valence-corrected chi connectivity index (χ2v) is 10.9. The normalized spacial score (nSPS) is 19.2. The quantitative estimate of drug-likeness (QED) is 0.503. The van der Waals surface area contributed by atoms with Crippen LogP contribution < -0.4 is 5.14 Å². The maximum atomic E-state index is 13.7. The van der Waals surface area contributed by atoms with Crippen molar-refractivity contribution in [3.05, 3.63) is 64.2 Å². The largest absolute Gasteiger partial charge is 0.416 e. The summed E-state index contributed by atoms with van der Waals surface area (Å²) in [6, 6.07) is 8.80. The van der Waals surface area contributed by atoms with E-state index >= 15 is 0 Å². The number of hydrogen-bond donors (Lipinski definition) is 1. The van der Waals surface area contributed by atoms with E-state index in [0.29, 0.717) is 15.6 Å². The van der Waals surface area contributed by atoms with Crippen LogP contribution >= 0.6 is 11.8 Å². The smallest absolute Gasteiger partial charge is 0.348 e. The van der Waals surface area contributed by atoms with Crippen LogP contribution in [0.5, 0.6) is 0 Å². The Hall–Kier alpha value is -3.00. The van der Waals surface area contributed by atoms with Gasteiger partial charge in [-0.1, -0.05) is 12.1 Å². The van der Waals surface area contributed by atoms with E-state index in [1.807, 2.05) is 6.07 Å². The number of amidine groups is 1. The molecule has 2 aromatic carbocycles. The van der Waals surface area contributed by atoms with E-state index in [-0.39, 0.29) is 22.9 Å². The van der Waals surface area contributed by atoms with Crippen LogP contribution in [-0.4, -0.2) is 68.1 Å². The average Bonchev–Trinajstić information content (AvgIpc) is 3.42. The number of nitrogens with zero attached hydrogens (tertiary/aromatic N) is 5. The fourth-order valence-electron chi connectivity index (χ4n) is 4.25. The Morgan fingerprint density at radius 1 is 1.14 bits per heavy atom. The Morgan fingerprint density at radius 2 is 1.89 bits per heavy atom. The molecule has 13 heteroatoms. The summed E-state index contributed by atoms with van der Waals surface area (Å²) in [7, 11) is 0.0385. The first-order valence-corrected chi connectivity index (χ1v) is 13.4. The second kappa shape index (κ2) is 10.0. The second-order valence-electron chi connectivity index (χ2n) is 8.84. The van der Waals surface area contributed by atoms with Crippen molar-refractivity contribution in [1.29, 1.82) is 0 Å². The first-order valence-electron chi connectivity index (χ1n) is 11.4. The van der Waals surface area contributed by atoms with E-state index in [1.54, 1.807) is 24.4 Å². The summed E-state index contributed by atoms with van der Waals surface area (Å²) in [6.07, 6.45) is -1.29. The number of fused-ring (bicyclic) bond motifs is 1. The number of nitrogens with two attached hydrogens (primary N) is 1. The van der Waals surface area contributed by atoms with Crippen molar-refractivity contribution in [1.82, 2.24) is 19.6 Å². The molecule has 194 valence electrons. The van der Waals surface area contributed by atoms with Gasteiger partial charge < -0.3 is 9.80 Å². The molecule has 0 spiro atoms. The summed E-state index contributed by atoms with van der Waals surface area (Å²) in [4.78, 5) is 21.5. The fourth-order valence-corrected chi connectivity index (χ4v) is 5.65. The number of hydrogen-bond acceptors (Lipinski definition) is 6. The van der Waals surface area contributed by atoms with Crippen LogP contribution in [0.15, 0.2) is 57.4 Å². The van der Waals surface area contributed by atoms with E-state index in [1.165, 1.54) is 28.6 Å². The Kier molecular flexibility index (Phi) is 6.96. The minimum absolute atomic E-state index is 0.0144. The van der Waals surface area contributed by atoms with E-state index < -0.39 is 22.7 Å². The molecule has 1 saturated heterocycles. The lowest BCUT2D eigenvalue weighted by Crippen LogP contribution is -2.46. The van der Waals surface area contributed by atoms with Gasteiger partial charge in [0.15, 0.2) is 5.17 Å². The molecular weight excluding hydrogens is 525 g/mol. The first kappa shape index (κ1) is 25.6. The van der Waals surface area contributed by atoms with Gasteiger partial charge >= 0.3 is 6.18 Å². The van der Waals surface area contributed by atoms with Crippen LogP contribution in [0.4, 0.5) is 13.2 Å². The predicted octanol–water partition coefficient (Wildman–Crippen LogP) is 3.30. The molecule has 2 aliphatic heterocycles. The van der Waals surface area contributed by atoms with Crippen LogP contribution in [0, 0.1) is 0 Å². The predicted molar refractivity (Wildman–Crippen MR) is 138 cm³/mol. The van der Waals surface area contributed by atoms with Crippen molar-refractivity contribution in [3.8, 4) is 0 Å². The van der Waals surface area contributed by atoms with E-state index in [4.69, 9.17) is 5.14 Å². The minimum atomic E-state index is -4.64. The SMILES string of the molecule is CN1CCN(C2=NC(=O)C(=Cc3ccc4c(cnn4Cc4ccc(S(N)=O)cc4C(F)(F)F)c3)S2)CC1. The Balaban J connectivity index is 1.36. The van der Waals surface area contributed by atoms with Crippen LogP contribution in [0.1, 0.15) is 16.7 Å². The van der Waals surface area contributed by atoms with Crippen LogP contribution in [0.3, 0.4) is 0 Å². The standard InChI is InChI=1S/C24H23F3N6O2S2/c1-31-6-8-32(9-7-31)23-30-22(34)21(36-23)11-15-2-5-20-17(10-15)13-29-33(20)14-16-3-4-18(37(28)35)12-19(16)24(25,26)27/h2-5,10-13H,6-9,14,28H2,1H3. The number of carbonyl (C=O) groups excluding carboxylic acids is 1.